The van der Waals surface area contributed by atoms with Gasteiger partial charge in [0.1, 0.15) is 22.2 Å². The van der Waals surface area contributed by atoms with Gasteiger partial charge in [-0.15, -0.1) is 10.2 Å². The van der Waals surface area contributed by atoms with Crippen molar-refractivity contribution in [1.29, 1.82) is 0 Å². The molecule has 0 bridgehead atoms. The Morgan fingerprint density at radius 1 is 0.938 bits per heavy atom. The van der Waals surface area contributed by atoms with Crippen LogP contribution in [-0.4, -0.2) is 36.1 Å². The van der Waals surface area contributed by atoms with E-state index in [1.165, 1.54) is 17.3 Å². The first-order valence-corrected chi connectivity index (χ1v) is 11.0. The fraction of sp³-hybridized carbons (Fsp3) is 0.160. The van der Waals surface area contributed by atoms with E-state index in [1.54, 1.807) is 32.4 Å². The Kier molecular flexibility index (Phi) is 6.56. The lowest BCUT2D eigenvalue weighted by molar-refractivity contribution is -0.113. The zero-order valence-corrected chi connectivity index (χ0v) is 18.9. The largest absolute Gasteiger partial charge is 0.497 e. The van der Waals surface area contributed by atoms with Gasteiger partial charge in [-0.25, -0.2) is 0 Å². The number of methoxy groups -OCH3 is 2. The van der Waals surface area contributed by atoms with Crippen LogP contribution < -0.4 is 14.8 Å². The number of benzene rings is 3. The minimum Gasteiger partial charge on any atom is -0.497 e. The summed E-state index contributed by atoms with van der Waals surface area (Å²) in [4.78, 5) is 12.6. The molecule has 1 amide bonds. The van der Waals surface area contributed by atoms with E-state index in [-0.39, 0.29) is 11.7 Å². The molecule has 0 aliphatic carbocycles. The standard InChI is InChI=1S/C25H23N3O3S/c1-16-8-10-17(11-9-16)24-19-6-4-5-7-20(19)25(28-27-24)32-15-23(29)26-21-13-12-18(30-2)14-22(21)31-3/h4-14H,15H2,1-3H3,(H,26,29). The highest BCUT2D eigenvalue weighted by Crippen LogP contribution is 2.33. The van der Waals surface area contributed by atoms with Crippen molar-refractivity contribution in [2.75, 3.05) is 25.3 Å². The predicted octanol–water partition coefficient (Wildman–Crippen LogP) is 5.35. The van der Waals surface area contributed by atoms with E-state index in [0.717, 1.165) is 22.0 Å². The number of rotatable bonds is 7. The third kappa shape index (κ3) is 4.68. The lowest BCUT2D eigenvalue weighted by Gasteiger charge is -2.12. The summed E-state index contributed by atoms with van der Waals surface area (Å²) in [6, 6.07) is 21.5. The molecular formula is C25H23N3O3S. The van der Waals surface area contributed by atoms with Gasteiger partial charge in [-0.2, -0.15) is 0 Å². The van der Waals surface area contributed by atoms with E-state index in [4.69, 9.17) is 9.47 Å². The molecule has 0 fully saturated rings. The van der Waals surface area contributed by atoms with Crippen molar-refractivity contribution in [3.05, 3.63) is 72.3 Å². The minimum atomic E-state index is -0.160. The maximum Gasteiger partial charge on any atom is 0.234 e. The molecule has 0 unspecified atom stereocenters. The molecule has 0 aliphatic rings. The molecule has 0 radical (unpaired) electrons. The van der Waals surface area contributed by atoms with E-state index < -0.39 is 0 Å². The van der Waals surface area contributed by atoms with E-state index in [9.17, 15) is 4.79 Å². The van der Waals surface area contributed by atoms with Crippen LogP contribution in [0, 0.1) is 6.92 Å². The molecule has 4 rings (SSSR count). The number of carbonyl (C=O) groups is 1. The monoisotopic (exact) mass is 445 g/mol. The van der Waals surface area contributed by atoms with Crippen LogP contribution in [0.3, 0.4) is 0 Å². The summed E-state index contributed by atoms with van der Waals surface area (Å²) < 4.78 is 10.5. The van der Waals surface area contributed by atoms with E-state index >= 15 is 0 Å². The quantitative estimate of drug-likeness (QED) is 0.387. The van der Waals surface area contributed by atoms with Gasteiger partial charge in [0.05, 0.1) is 25.7 Å². The Hall–Kier alpha value is -3.58. The molecule has 32 heavy (non-hydrogen) atoms. The average Bonchev–Trinajstić information content (AvgIpc) is 2.83. The highest BCUT2D eigenvalue weighted by atomic mass is 32.2. The van der Waals surface area contributed by atoms with Crippen molar-refractivity contribution < 1.29 is 14.3 Å². The number of thioether (sulfide) groups is 1. The molecule has 4 aromatic rings. The minimum absolute atomic E-state index is 0.160. The summed E-state index contributed by atoms with van der Waals surface area (Å²) in [5.74, 6) is 1.23. The summed E-state index contributed by atoms with van der Waals surface area (Å²) in [6.07, 6.45) is 0. The number of aryl methyl sites for hydroxylation is 1. The molecule has 7 heteroatoms. The molecule has 1 aromatic heterocycles. The maximum atomic E-state index is 12.6. The van der Waals surface area contributed by atoms with Gasteiger partial charge in [-0.05, 0) is 19.1 Å². The number of carbonyl (C=O) groups excluding carboxylic acids is 1. The Balaban J connectivity index is 1.53. The van der Waals surface area contributed by atoms with E-state index in [0.29, 0.717) is 22.2 Å². The summed E-state index contributed by atoms with van der Waals surface area (Å²) >= 11 is 1.35. The van der Waals surface area contributed by atoms with Gasteiger partial charge in [0.15, 0.2) is 0 Å². The Morgan fingerprint density at radius 3 is 2.41 bits per heavy atom. The molecule has 6 nitrogen and oxygen atoms in total. The van der Waals surface area contributed by atoms with Crippen LogP contribution in [0.15, 0.2) is 71.8 Å². The first-order chi connectivity index (χ1) is 15.6. The number of hydrogen-bond donors (Lipinski definition) is 1. The molecule has 0 saturated heterocycles. The maximum absolute atomic E-state index is 12.6. The molecule has 0 atom stereocenters. The van der Waals surface area contributed by atoms with E-state index in [2.05, 4.69) is 34.6 Å². The first-order valence-electron chi connectivity index (χ1n) is 10.1. The molecule has 1 N–H and O–H groups in total. The highest BCUT2D eigenvalue weighted by Gasteiger charge is 2.14. The van der Waals surface area contributed by atoms with Gasteiger partial charge in [-0.1, -0.05) is 65.9 Å². The number of fused-ring (bicyclic) bond motifs is 1. The van der Waals surface area contributed by atoms with E-state index in [1.807, 2.05) is 36.4 Å². The third-order valence-corrected chi connectivity index (χ3v) is 5.98. The Labute approximate surface area is 191 Å². The second-order valence-corrected chi connectivity index (χ2v) is 8.13. The van der Waals surface area contributed by atoms with Crippen LogP contribution in [0.2, 0.25) is 0 Å². The normalized spacial score (nSPS) is 10.7. The van der Waals surface area contributed by atoms with Crippen LogP contribution >= 0.6 is 11.8 Å². The summed E-state index contributed by atoms with van der Waals surface area (Å²) in [5.41, 5.74) is 3.62. The van der Waals surface area contributed by atoms with Gasteiger partial charge in [-0.3, -0.25) is 4.79 Å². The van der Waals surface area contributed by atoms with Crippen LogP contribution in [-0.2, 0) is 4.79 Å². The topological polar surface area (TPSA) is 73.3 Å². The van der Waals surface area contributed by atoms with Gasteiger partial charge in [0, 0.05) is 22.4 Å². The number of aromatic nitrogens is 2. The fourth-order valence-corrected chi connectivity index (χ4v) is 4.10. The molecule has 0 aliphatic heterocycles. The summed E-state index contributed by atoms with van der Waals surface area (Å²) in [5, 5.41) is 14.5. The second-order valence-electron chi connectivity index (χ2n) is 7.17. The third-order valence-electron chi connectivity index (χ3n) is 5.00. The van der Waals surface area contributed by atoms with Gasteiger partial charge < -0.3 is 14.8 Å². The molecule has 0 spiro atoms. The second kappa shape index (κ2) is 9.70. The number of amides is 1. The Morgan fingerprint density at radius 2 is 1.69 bits per heavy atom. The summed E-state index contributed by atoms with van der Waals surface area (Å²) in [6.45, 7) is 2.06. The zero-order valence-electron chi connectivity index (χ0n) is 18.1. The average molecular weight is 446 g/mol. The van der Waals surface area contributed by atoms with Gasteiger partial charge in [0.25, 0.3) is 0 Å². The number of nitrogens with zero attached hydrogens (tertiary/aromatic N) is 2. The molecule has 3 aromatic carbocycles. The first kappa shape index (κ1) is 21.6. The van der Waals surface area contributed by atoms with Gasteiger partial charge >= 0.3 is 0 Å². The number of hydrogen-bond acceptors (Lipinski definition) is 6. The van der Waals surface area contributed by atoms with Crippen LogP contribution in [0.25, 0.3) is 22.0 Å². The fourth-order valence-electron chi connectivity index (χ4n) is 3.33. The van der Waals surface area contributed by atoms with Crippen molar-refractivity contribution in [3.8, 4) is 22.8 Å². The molecule has 162 valence electrons. The van der Waals surface area contributed by atoms with Crippen molar-refractivity contribution in [3.63, 3.8) is 0 Å². The summed E-state index contributed by atoms with van der Waals surface area (Å²) in [7, 11) is 3.13. The van der Waals surface area contributed by atoms with Crippen molar-refractivity contribution in [2.24, 2.45) is 0 Å². The van der Waals surface area contributed by atoms with Crippen molar-refractivity contribution in [2.45, 2.75) is 11.9 Å². The Bertz CT molecular complexity index is 1260. The van der Waals surface area contributed by atoms with Crippen molar-refractivity contribution in [1.82, 2.24) is 10.2 Å². The van der Waals surface area contributed by atoms with Crippen molar-refractivity contribution >= 4 is 34.1 Å². The highest BCUT2D eigenvalue weighted by molar-refractivity contribution is 8.00. The lowest BCUT2D eigenvalue weighted by atomic mass is 10.0. The van der Waals surface area contributed by atoms with Crippen LogP contribution in [0.5, 0.6) is 11.5 Å². The smallest absolute Gasteiger partial charge is 0.234 e. The predicted molar refractivity (Wildman–Crippen MR) is 129 cm³/mol. The molecule has 0 saturated carbocycles. The van der Waals surface area contributed by atoms with Crippen LogP contribution in [0.4, 0.5) is 5.69 Å². The zero-order chi connectivity index (χ0) is 22.5. The number of anilines is 1. The lowest BCUT2D eigenvalue weighted by Crippen LogP contribution is -2.15. The SMILES string of the molecule is COc1ccc(NC(=O)CSc2nnc(-c3ccc(C)cc3)c3ccccc23)c(OC)c1. The number of nitrogens with one attached hydrogen (secondary N) is 1. The number of ether oxygens (including phenoxy) is 2. The molecule has 1 heterocycles. The van der Waals surface area contributed by atoms with Crippen LogP contribution in [0.1, 0.15) is 5.56 Å². The van der Waals surface area contributed by atoms with Gasteiger partial charge in [0.2, 0.25) is 5.91 Å². The molecular weight excluding hydrogens is 422 g/mol.